The SMILES string of the molecule is Cc1ccc(NC(=O)c2ccccc2NS(=O)(=O)c2c(C)c(C)cc(C)c2C)cc1S(=O)(=O)N1CCOCC1. The first kappa shape index (κ1) is 28.8. The standard InChI is InChI=1S/C28H33N3O6S2/c1-18-10-11-23(17-26(18)39(35,36)31-12-14-37-15-13-31)29-28(32)24-8-6-7-9-25(24)30-38(33,34)27-21(4)19(2)16-20(3)22(27)5/h6-11,16-17,30H,12-15H2,1-5H3,(H,29,32). The van der Waals surface area contributed by atoms with Crippen molar-refractivity contribution < 1.29 is 26.4 Å². The molecule has 0 aliphatic carbocycles. The van der Waals surface area contributed by atoms with E-state index in [4.69, 9.17) is 4.74 Å². The van der Waals surface area contributed by atoms with Gasteiger partial charge >= 0.3 is 0 Å². The Labute approximate surface area is 230 Å². The van der Waals surface area contributed by atoms with Gasteiger partial charge in [-0.15, -0.1) is 0 Å². The number of morpholine rings is 1. The number of para-hydroxylation sites is 1. The second-order valence-electron chi connectivity index (χ2n) is 9.69. The molecule has 0 unspecified atom stereocenters. The molecule has 208 valence electrons. The van der Waals surface area contributed by atoms with Gasteiger partial charge in [0, 0.05) is 18.8 Å². The Bertz CT molecular complexity index is 1620. The van der Waals surface area contributed by atoms with E-state index in [9.17, 15) is 21.6 Å². The van der Waals surface area contributed by atoms with Gasteiger partial charge in [0.15, 0.2) is 0 Å². The minimum atomic E-state index is -4.02. The molecular weight excluding hydrogens is 538 g/mol. The van der Waals surface area contributed by atoms with Crippen molar-refractivity contribution in [2.24, 2.45) is 0 Å². The number of carbonyl (C=O) groups is 1. The highest BCUT2D eigenvalue weighted by Gasteiger charge is 2.28. The molecule has 11 heteroatoms. The highest BCUT2D eigenvalue weighted by Crippen LogP contribution is 2.30. The van der Waals surface area contributed by atoms with Gasteiger partial charge in [-0.2, -0.15) is 4.31 Å². The molecule has 1 aliphatic heterocycles. The molecule has 39 heavy (non-hydrogen) atoms. The molecule has 3 aromatic carbocycles. The van der Waals surface area contributed by atoms with Gasteiger partial charge < -0.3 is 10.1 Å². The summed E-state index contributed by atoms with van der Waals surface area (Å²) in [7, 11) is -7.80. The Morgan fingerprint density at radius 1 is 0.821 bits per heavy atom. The van der Waals surface area contributed by atoms with E-state index in [1.807, 2.05) is 19.9 Å². The van der Waals surface area contributed by atoms with Crippen molar-refractivity contribution in [1.82, 2.24) is 4.31 Å². The monoisotopic (exact) mass is 571 g/mol. The molecule has 0 radical (unpaired) electrons. The number of ether oxygens (including phenoxy) is 1. The Hall–Kier alpha value is -3.25. The Kier molecular flexibility index (Phi) is 8.17. The summed E-state index contributed by atoms with van der Waals surface area (Å²) in [4.78, 5) is 13.6. The molecule has 0 atom stereocenters. The van der Waals surface area contributed by atoms with Crippen LogP contribution in [0.3, 0.4) is 0 Å². The van der Waals surface area contributed by atoms with Crippen LogP contribution in [0.1, 0.15) is 38.2 Å². The van der Waals surface area contributed by atoms with Crippen molar-refractivity contribution in [2.45, 2.75) is 44.4 Å². The summed E-state index contributed by atoms with van der Waals surface area (Å²) in [5.74, 6) is -0.583. The lowest BCUT2D eigenvalue weighted by molar-refractivity contribution is 0.0730. The number of anilines is 2. The van der Waals surface area contributed by atoms with Crippen molar-refractivity contribution in [3.05, 3.63) is 81.9 Å². The van der Waals surface area contributed by atoms with Gasteiger partial charge in [0.05, 0.1) is 34.3 Å². The van der Waals surface area contributed by atoms with E-state index in [1.165, 1.54) is 22.5 Å². The van der Waals surface area contributed by atoms with Gasteiger partial charge in [0.2, 0.25) is 10.0 Å². The molecule has 3 aromatic rings. The number of hydrogen-bond donors (Lipinski definition) is 2. The zero-order valence-corrected chi connectivity index (χ0v) is 24.3. The second-order valence-corrected chi connectivity index (χ2v) is 13.2. The molecular formula is C28H33N3O6S2. The quantitative estimate of drug-likeness (QED) is 0.436. The number of hydrogen-bond acceptors (Lipinski definition) is 6. The summed E-state index contributed by atoms with van der Waals surface area (Å²) in [6.45, 7) is 10.1. The van der Waals surface area contributed by atoms with E-state index in [-0.39, 0.29) is 39.8 Å². The van der Waals surface area contributed by atoms with Crippen LogP contribution in [0.4, 0.5) is 11.4 Å². The summed E-state index contributed by atoms with van der Waals surface area (Å²) in [6, 6.07) is 12.9. The lowest BCUT2D eigenvalue weighted by Crippen LogP contribution is -2.40. The van der Waals surface area contributed by atoms with E-state index >= 15 is 0 Å². The van der Waals surface area contributed by atoms with Crippen LogP contribution >= 0.6 is 0 Å². The number of rotatable bonds is 7. The molecule has 1 amide bonds. The Balaban J connectivity index is 1.64. The number of carbonyl (C=O) groups excluding carboxylic acids is 1. The molecule has 2 N–H and O–H groups in total. The zero-order chi connectivity index (χ0) is 28.5. The number of nitrogens with one attached hydrogen (secondary N) is 2. The third-order valence-corrected chi connectivity index (χ3v) is 10.7. The number of sulfonamides is 2. The van der Waals surface area contributed by atoms with Gasteiger partial charge in [-0.25, -0.2) is 16.8 Å². The van der Waals surface area contributed by atoms with Gasteiger partial charge in [0.1, 0.15) is 0 Å². The highest BCUT2D eigenvalue weighted by atomic mass is 32.2. The predicted octanol–water partition coefficient (Wildman–Crippen LogP) is 4.30. The first-order chi connectivity index (χ1) is 18.3. The van der Waals surface area contributed by atoms with Crippen LogP contribution in [0.5, 0.6) is 0 Å². The molecule has 1 aliphatic rings. The van der Waals surface area contributed by atoms with Crippen LogP contribution in [-0.2, 0) is 24.8 Å². The average molecular weight is 572 g/mol. The van der Waals surface area contributed by atoms with E-state index in [2.05, 4.69) is 10.0 Å². The van der Waals surface area contributed by atoms with Crippen molar-refractivity contribution in [1.29, 1.82) is 0 Å². The maximum absolute atomic E-state index is 13.5. The highest BCUT2D eigenvalue weighted by molar-refractivity contribution is 7.92. The van der Waals surface area contributed by atoms with Crippen LogP contribution in [0, 0.1) is 34.6 Å². The fourth-order valence-corrected chi connectivity index (χ4v) is 7.99. The van der Waals surface area contributed by atoms with Crippen LogP contribution in [0.15, 0.2) is 58.3 Å². The van der Waals surface area contributed by atoms with E-state index in [0.29, 0.717) is 29.9 Å². The van der Waals surface area contributed by atoms with Crippen LogP contribution < -0.4 is 10.0 Å². The van der Waals surface area contributed by atoms with Gasteiger partial charge in [0.25, 0.3) is 15.9 Å². The summed E-state index contributed by atoms with van der Waals surface area (Å²) >= 11 is 0. The molecule has 0 bridgehead atoms. The fraction of sp³-hybridized carbons (Fsp3) is 0.321. The Morgan fingerprint density at radius 2 is 1.44 bits per heavy atom. The normalized spacial score (nSPS) is 14.7. The van der Waals surface area contributed by atoms with Gasteiger partial charge in [-0.1, -0.05) is 24.3 Å². The fourth-order valence-electron chi connectivity index (χ4n) is 4.63. The van der Waals surface area contributed by atoms with E-state index in [1.54, 1.807) is 45.0 Å². The number of amides is 1. The average Bonchev–Trinajstić information content (AvgIpc) is 2.89. The van der Waals surface area contributed by atoms with Crippen LogP contribution in [-0.4, -0.2) is 53.4 Å². The maximum Gasteiger partial charge on any atom is 0.262 e. The maximum atomic E-state index is 13.5. The predicted molar refractivity (Wildman–Crippen MR) is 151 cm³/mol. The molecule has 1 fully saturated rings. The molecule has 1 saturated heterocycles. The topological polar surface area (TPSA) is 122 Å². The van der Waals surface area contributed by atoms with Crippen molar-refractivity contribution in [2.75, 3.05) is 36.3 Å². The number of benzene rings is 3. The lowest BCUT2D eigenvalue weighted by Gasteiger charge is -2.26. The van der Waals surface area contributed by atoms with Crippen molar-refractivity contribution in [3.8, 4) is 0 Å². The first-order valence-corrected chi connectivity index (χ1v) is 15.4. The Morgan fingerprint density at radius 3 is 2.08 bits per heavy atom. The third-order valence-electron chi connectivity index (χ3n) is 7.02. The van der Waals surface area contributed by atoms with Crippen molar-refractivity contribution >= 4 is 37.3 Å². The molecule has 0 spiro atoms. The summed E-state index contributed by atoms with van der Waals surface area (Å²) < 4.78 is 62.7. The molecule has 0 aromatic heterocycles. The largest absolute Gasteiger partial charge is 0.379 e. The summed E-state index contributed by atoms with van der Waals surface area (Å²) in [5, 5.41) is 2.73. The summed E-state index contributed by atoms with van der Waals surface area (Å²) in [6.07, 6.45) is 0. The van der Waals surface area contributed by atoms with Gasteiger partial charge in [-0.05, 0) is 86.7 Å². The van der Waals surface area contributed by atoms with E-state index in [0.717, 1.165) is 11.1 Å². The zero-order valence-electron chi connectivity index (χ0n) is 22.7. The van der Waals surface area contributed by atoms with Crippen LogP contribution in [0.25, 0.3) is 0 Å². The smallest absolute Gasteiger partial charge is 0.262 e. The number of nitrogens with zero attached hydrogens (tertiary/aromatic N) is 1. The molecule has 9 nitrogen and oxygen atoms in total. The van der Waals surface area contributed by atoms with E-state index < -0.39 is 26.0 Å². The first-order valence-electron chi connectivity index (χ1n) is 12.5. The molecule has 0 saturated carbocycles. The number of aryl methyl sites for hydroxylation is 3. The van der Waals surface area contributed by atoms with Crippen LogP contribution in [0.2, 0.25) is 0 Å². The minimum absolute atomic E-state index is 0.0944. The third kappa shape index (κ3) is 5.86. The lowest BCUT2D eigenvalue weighted by atomic mass is 10.0. The summed E-state index contributed by atoms with van der Waals surface area (Å²) in [5.41, 5.74) is 4.02. The second kappa shape index (κ2) is 11.1. The molecule has 1 heterocycles. The van der Waals surface area contributed by atoms with Crippen molar-refractivity contribution in [3.63, 3.8) is 0 Å². The van der Waals surface area contributed by atoms with Gasteiger partial charge in [-0.3, -0.25) is 9.52 Å². The minimum Gasteiger partial charge on any atom is -0.379 e. The molecule has 4 rings (SSSR count).